The fourth-order valence-electron chi connectivity index (χ4n) is 3.34. The van der Waals surface area contributed by atoms with Crippen LogP contribution in [0.2, 0.25) is 0 Å². The third-order valence-electron chi connectivity index (χ3n) is 4.79. The van der Waals surface area contributed by atoms with Crippen molar-refractivity contribution in [3.05, 3.63) is 59.4 Å². The molecule has 2 aromatic carbocycles. The molecule has 0 spiro atoms. The molecule has 1 fully saturated rings. The van der Waals surface area contributed by atoms with E-state index in [1.54, 1.807) is 0 Å². The number of ether oxygens (including phenoxy) is 1. The molecule has 1 aliphatic rings. The van der Waals surface area contributed by atoms with Crippen molar-refractivity contribution in [2.24, 2.45) is 0 Å². The Morgan fingerprint density at radius 3 is 2.38 bits per heavy atom. The molecule has 1 atom stereocenters. The third kappa shape index (κ3) is 4.96. The summed E-state index contributed by atoms with van der Waals surface area (Å²) in [5.74, 6) is 0.620. The zero-order chi connectivity index (χ0) is 18.5. The molecule has 5 heteroatoms. The molecule has 2 aromatic rings. The molecule has 0 aromatic heterocycles. The van der Waals surface area contributed by atoms with Crippen molar-refractivity contribution in [3.8, 4) is 5.75 Å². The molecule has 0 bridgehead atoms. The summed E-state index contributed by atoms with van der Waals surface area (Å²) in [4.78, 5) is 4.49. The first kappa shape index (κ1) is 18.7. The highest BCUT2D eigenvalue weighted by atomic mass is 19.1. The summed E-state index contributed by atoms with van der Waals surface area (Å²) in [7, 11) is 0. The summed E-state index contributed by atoms with van der Waals surface area (Å²) in [5, 5.41) is 10.3. The monoisotopic (exact) mass is 358 g/mol. The lowest BCUT2D eigenvalue weighted by Gasteiger charge is -2.36. The van der Waals surface area contributed by atoms with E-state index in [1.807, 2.05) is 31.2 Å². The first-order valence-electron chi connectivity index (χ1n) is 9.12. The van der Waals surface area contributed by atoms with Crippen molar-refractivity contribution < 1.29 is 14.2 Å². The normalized spacial score (nSPS) is 16.5. The lowest BCUT2D eigenvalue weighted by molar-refractivity contribution is 0.0661. The topological polar surface area (TPSA) is 35.9 Å². The van der Waals surface area contributed by atoms with E-state index in [1.165, 1.54) is 17.7 Å². The lowest BCUT2D eigenvalue weighted by atomic mass is 10.1. The number of nitrogens with zero attached hydrogens (tertiary/aromatic N) is 2. The van der Waals surface area contributed by atoms with Crippen LogP contribution in [-0.2, 0) is 0 Å². The van der Waals surface area contributed by atoms with E-state index in [4.69, 9.17) is 4.74 Å². The van der Waals surface area contributed by atoms with Crippen molar-refractivity contribution in [1.82, 2.24) is 4.90 Å². The van der Waals surface area contributed by atoms with E-state index in [0.29, 0.717) is 13.2 Å². The zero-order valence-corrected chi connectivity index (χ0v) is 15.5. The van der Waals surface area contributed by atoms with E-state index >= 15 is 0 Å². The van der Waals surface area contributed by atoms with Gasteiger partial charge in [-0.25, -0.2) is 4.39 Å². The van der Waals surface area contributed by atoms with Gasteiger partial charge >= 0.3 is 0 Å². The molecule has 0 unspecified atom stereocenters. The van der Waals surface area contributed by atoms with Crippen LogP contribution in [0.4, 0.5) is 10.1 Å². The molecule has 26 heavy (non-hydrogen) atoms. The Kier molecular flexibility index (Phi) is 6.12. The second kappa shape index (κ2) is 8.52. The smallest absolute Gasteiger partial charge is 0.123 e. The first-order chi connectivity index (χ1) is 12.5. The van der Waals surface area contributed by atoms with Gasteiger partial charge in [-0.2, -0.15) is 0 Å². The van der Waals surface area contributed by atoms with Crippen molar-refractivity contribution in [1.29, 1.82) is 0 Å². The Morgan fingerprint density at radius 2 is 1.73 bits per heavy atom. The molecule has 1 aliphatic heterocycles. The van der Waals surface area contributed by atoms with E-state index in [0.717, 1.165) is 43.2 Å². The predicted molar refractivity (Wildman–Crippen MR) is 102 cm³/mol. The third-order valence-corrected chi connectivity index (χ3v) is 4.79. The van der Waals surface area contributed by atoms with Crippen LogP contribution in [0.1, 0.15) is 11.1 Å². The second-order valence-electron chi connectivity index (χ2n) is 7.00. The van der Waals surface area contributed by atoms with Gasteiger partial charge in [0.25, 0.3) is 0 Å². The number of halogens is 1. The number of hydrogen-bond donors (Lipinski definition) is 1. The maximum atomic E-state index is 13.0. The van der Waals surface area contributed by atoms with Gasteiger partial charge in [0.1, 0.15) is 24.3 Å². The fraction of sp³-hybridized carbons (Fsp3) is 0.429. The summed E-state index contributed by atoms with van der Waals surface area (Å²) < 4.78 is 18.8. The summed E-state index contributed by atoms with van der Waals surface area (Å²) in [6.07, 6.45) is -0.520. The number of β-amino-alcohol motifs (C(OH)–C–C–N with tert-alkyl or cyclic N) is 1. The molecule has 4 nitrogen and oxygen atoms in total. The molecule has 140 valence electrons. The van der Waals surface area contributed by atoms with E-state index in [-0.39, 0.29) is 5.82 Å². The molecule has 1 saturated heterocycles. The molecule has 0 saturated carbocycles. The fourth-order valence-corrected chi connectivity index (χ4v) is 3.34. The minimum atomic E-state index is -0.520. The van der Waals surface area contributed by atoms with Crippen molar-refractivity contribution in [2.75, 3.05) is 44.2 Å². The van der Waals surface area contributed by atoms with Crippen LogP contribution in [-0.4, -0.2) is 55.4 Å². The quantitative estimate of drug-likeness (QED) is 0.861. The van der Waals surface area contributed by atoms with Crippen LogP contribution in [0, 0.1) is 19.7 Å². The highest BCUT2D eigenvalue weighted by Gasteiger charge is 2.20. The molecule has 3 rings (SSSR count). The Morgan fingerprint density at radius 1 is 1.04 bits per heavy atom. The number of piperazine rings is 1. The molecule has 1 N–H and O–H groups in total. The highest BCUT2D eigenvalue weighted by Crippen LogP contribution is 2.19. The number of aliphatic hydroxyl groups excluding tert-OH is 1. The van der Waals surface area contributed by atoms with Crippen molar-refractivity contribution in [3.63, 3.8) is 0 Å². The minimum Gasteiger partial charge on any atom is -0.491 e. The van der Waals surface area contributed by atoms with Crippen molar-refractivity contribution >= 4 is 5.69 Å². The van der Waals surface area contributed by atoms with E-state index in [2.05, 4.69) is 22.8 Å². The predicted octanol–water partition coefficient (Wildman–Crippen LogP) is 3.00. The highest BCUT2D eigenvalue weighted by molar-refractivity contribution is 5.46. The van der Waals surface area contributed by atoms with Crippen LogP contribution in [0.3, 0.4) is 0 Å². The summed E-state index contributed by atoms with van der Waals surface area (Å²) in [6, 6.07) is 12.7. The maximum Gasteiger partial charge on any atom is 0.123 e. The molecular weight excluding hydrogens is 331 g/mol. The number of rotatable bonds is 6. The van der Waals surface area contributed by atoms with Gasteiger partial charge in [-0.3, -0.25) is 4.90 Å². The van der Waals surface area contributed by atoms with Crippen LogP contribution in [0.25, 0.3) is 0 Å². The van der Waals surface area contributed by atoms with Gasteiger partial charge in [-0.1, -0.05) is 17.7 Å². The summed E-state index contributed by atoms with van der Waals surface area (Å²) >= 11 is 0. The summed E-state index contributed by atoms with van der Waals surface area (Å²) in [6.45, 7) is 8.45. The van der Waals surface area contributed by atoms with E-state index < -0.39 is 6.10 Å². The first-order valence-corrected chi connectivity index (χ1v) is 9.12. The SMILES string of the molecule is Cc1ccc(OC[C@H](O)CN2CCN(c3ccc(F)cc3)CC2)c(C)c1. The molecule has 0 aliphatic carbocycles. The average molecular weight is 358 g/mol. The van der Waals surface area contributed by atoms with Crippen LogP contribution < -0.4 is 9.64 Å². The number of hydrogen-bond acceptors (Lipinski definition) is 4. The zero-order valence-electron chi connectivity index (χ0n) is 15.5. The Balaban J connectivity index is 1.43. The van der Waals surface area contributed by atoms with Gasteiger partial charge in [0, 0.05) is 38.4 Å². The number of benzene rings is 2. The van der Waals surface area contributed by atoms with Gasteiger partial charge < -0.3 is 14.7 Å². The van der Waals surface area contributed by atoms with Crippen LogP contribution in [0.5, 0.6) is 5.75 Å². The van der Waals surface area contributed by atoms with Crippen LogP contribution in [0.15, 0.2) is 42.5 Å². The maximum absolute atomic E-state index is 13.0. The molecule has 0 amide bonds. The summed E-state index contributed by atoms with van der Waals surface area (Å²) in [5.41, 5.74) is 3.34. The largest absolute Gasteiger partial charge is 0.491 e. The van der Waals surface area contributed by atoms with Crippen LogP contribution >= 0.6 is 0 Å². The Hall–Kier alpha value is -2.11. The van der Waals surface area contributed by atoms with Gasteiger partial charge in [0.15, 0.2) is 0 Å². The standard InChI is InChI=1S/C21H27FN2O2/c1-16-3-8-21(17(2)13-16)26-15-20(25)14-23-9-11-24(12-10-23)19-6-4-18(22)5-7-19/h3-8,13,20,25H,9-12,14-15H2,1-2H3/t20-/m1/s1. The van der Waals surface area contributed by atoms with E-state index in [9.17, 15) is 9.50 Å². The minimum absolute atomic E-state index is 0.209. The number of anilines is 1. The molecule has 1 heterocycles. The van der Waals surface area contributed by atoms with Gasteiger partial charge in [0.05, 0.1) is 0 Å². The Labute approximate surface area is 154 Å². The lowest BCUT2D eigenvalue weighted by Crippen LogP contribution is -2.49. The van der Waals surface area contributed by atoms with Gasteiger partial charge in [-0.05, 0) is 49.7 Å². The molecular formula is C21H27FN2O2. The Bertz CT molecular complexity index is 712. The van der Waals surface area contributed by atoms with Gasteiger partial charge in [-0.15, -0.1) is 0 Å². The second-order valence-corrected chi connectivity index (χ2v) is 7.00. The van der Waals surface area contributed by atoms with Gasteiger partial charge in [0.2, 0.25) is 0 Å². The average Bonchev–Trinajstić information content (AvgIpc) is 2.62. The molecule has 0 radical (unpaired) electrons. The number of aliphatic hydroxyl groups is 1. The van der Waals surface area contributed by atoms with Crippen molar-refractivity contribution in [2.45, 2.75) is 20.0 Å². The number of aryl methyl sites for hydroxylation is 2.